The number of amides is 2. The normalized spacial score (nSPS) is 10.6. The number of benzene rings is 3. The van der Waals surface area contributed by atoms with Gasteiger partial charge in [0.25, 0.3) is 11.8 Å². The van der Waals surface area contributed by atoms with Crippen LogP contribution in [-0.2, 0) is 22.8 Å². The molecule has 5 rings (SSSR count). The van der Waals surface area contributed by atoms with Crippen LogP contribution in [0.25, 0.3) is 0 Å². The van der Waals surface area contributed by atoms with Gasteiger partial charge in [-0.3, -0.25) is 20.2 Å². The topological polar surface area (TPSA) is 147 Å². The number of nitrogens with zero attached hydrogens (tertiary/aromatic N) is 4. The molecule has 0 fully saturated rings. The fourth-order valence-corrected chi connectivity index (χ4v) is 5.00. The van der Waals surface area contributed by atoms with E-state index >= 15 is 0 Å². The molecule has 44 heavy (non-hydrogen) atoms. The first-order chi connectivity index (χ1) is 21.4. The second kappa shape index (κ2) is 14.9. The van der Waals surface area contributed by atoms with Crippen molar-refractivity contribution in [1.29, 1.82) is 0 Å². The predicted octanol–water partition coefficient (Wildman–Crippen LogP) is 5.20. The molecule has 0 saturated carbocycles. The molecule has 0 atom stereocenters. The van der Waals surface area contributed by atoms with Gasteiger partial charge in [-0.15, -0.1) is 20.4 Å². The SMILES string of the molecule is Cc1cccc(OCc2nnc(NC(=O)COc3ccc(OCC(=O)Nc4nnc(COc5cccc(C)c5)s4)cc3)s2)c1. The highest BCUT2D eigenvalue weighted by Crippen LogP contribution is 2.21. The van der Waals surface area contributed by atoms with Crippen molar-refractivity contribution in [3.05, 3.63) is 93.9 Å². The van der Waals surface area contributed by atoms with E-state index < -0.39 is 0 Å². The third-order valence-electron chi connectivity index (χ3n) is 5.69. The van der Waals surface area contributed by atoms with Crippen LogP contribution in [0, 0.1) is 13.8 Å². The van der Waals surface area contributed by atoms with E-state index in [1.54, 1.807) is 24.3 Å². The number of ether oxygens (including phenoxy) is 4. The second-order valence-corrected chi connectivity index (χ2v) is 11.5. The molecule has 0 aliphatic rings. The van der Waals surface area contributed by atoms with Crippen LogP contribution in [0.5, 0.6) is 23.0 Å². The van der Waals surface area contributed by atoms with Crippen molar-refractivity contribution in [2.75, 3.05) is 23.8 Å². The highest BCUT2D eigenvalue weighted by atomic mass is 32.1. The van der Waals surface area contributed by atoms with E-state index in [4.69, 9.17) is 18.9 Å². The number of anilines is 2. The van der Waals surface area contributed by atoms with E-state index in [0.29, 0.717) is 31.8 Å². The number of aromatic nitrogens is 4. The van der Waals surface area contributed by atoms with Gasteiger partial charge in [0.05, 0.1) is 0 Å². The summed E-state index contributed by atoms with van der Waals surface area (Å²) >= 11 is 2.45. The van der Waals surface area contributed by atoms with Gasteiger partial charge < -0.3 is 18.9 Å². The number of rotatable bonds is 14. The zero-order valence-electron chi connectivity index (χ0n) is 23.8. The lowest BCUT2D eigenvalue weighted by Gasteiger charge is -2.08. The van der Waals surface area contributed by atoms with E-state index in [2.05, 4.69) is 31.0 Å². The molecule has 14 heteroatoms. The van der Waals surface area contributed by atoms with Gasteiger partial charge >= 0.3 is 0 Å². The van der Waals surface area contributed by atoms with Gasteiger partial charge in [-0.25, -0.2) is 0 Å². The van der Waals surface area contributed by atoms with Crippen molar-refractivity contribution in [1.82, 2.24) is 20.4 Å². The minimum absolute atomic E-state index is 0.225. The largest absolute Gasteiger partial charge is 0.486 e. The average Bonchev–Trinajstić information content (AvgIpc) is 3.66. The summed E-state index contributed by atoms with van der Waals surface area (Å²) < 4.78 is 22.5. The van der Waals surface area contributed by atoms with Gasteiger partial charge in [0.15, 0.2) is 23.2 Å². The highest BCUT2D eigenvalue weighted by Gasteiger charge is 2.12. The number of carbonyl (C=O) groups excluding carboxylic acids is 2. The molecule has 2 amide bonds. The number of hydrogen-bond acceptors (Lipinski definition) is 12. The van der Waals surface area contributed by atoms with Crippen molar-refractivity contribution in [2.24, 2.45) is 0 Å². The monoisotopic (exact) mass is 632 g/mol. The first-order valence-corrected chi connectivity index (χ1v) is 15.0. The third kappa shape index (κ3) is 9.47. The lowest BCUT2D eigenvalue weighted by atomic mass is 10.2. The summed E-state index contributed by atoms with van der Waals surface area (Å²) in [5.41, 5.74) is 2.19. The Hall–Kier alpha value is -5.08. The van der Waals surface area contributed by atoms with E-state index in [9.17, 15) is 9.59 Å². The Balaban J connectivity index is 0.986. The van der Waals surface area contributed by atoms with E-state index in [-0.39, 0.29) is 38.2 Å². The Morgan fingerprint density at radius 1 is 0.591 bits per heavy atom. The van der Waals surface area contributed by atoms with Gasteiger partial charge in [0, 0.05) is 0 Å². The average molecular weight is 633 g/mol. The van der Waals surface area contributed by atoms with Crippen LogP contribution in [0.4, 0.5) is 10.3 Å². The zero-order valence-corrected chi connectivity index (χ0v) is 25.4. The lowest BCUT2D eigenvalue weighted by Crippen LogP contribution is -2.20. The Morgan fingerprint density at radius 3 is 1.43 bits per heavy atom. The maximum atomic E-state index is 12.3. The van der Waals surface area contributed by atoms with Crippen molar-refractivity contribution in [2.45, 2.75) is 27.1 Å². The smallest absolute Gasteiger partial charge is 0.264 e. The van der Waals surface area contributed by atoms with Crippen molar-refractivity contribution in [3.63, 3.8) is 0 Å². The minimum atomic E-state index is -0.383. The molecule has 0 saturated heterocycles. The standard InChI is InChI=1S/C30H28N6O6S2/c1-19-5-3-7-23(13-19)41-17-27-33-35-29(43-27)31-25(37)15-39-21-9-11-22(12-10-21)40-16-26(38)32-30-36-34-28(44-30)18-42-24-8-4-6-20(2)14-24/h3-14H,15-18H2,1-2H3,(H,31,35,37)(H,32,36,38). The summed E-state index contributed by atoms with van der Waals surface area (Å²) in [6.45, 7) is 4.02. The van der Waals surface area contributed by atoms with Crippen molar-refractivity contribution in [3.8, 4) is 23.0 Å². The molecule has 0 aliphatic heterocycles. The molecule has 0 unspecified atom stereocenters. The molecule has 12 nitrogen and oxygen atoms in total. The fraction of sp³-hybridized carbons (Fsp3) is 0.200. The quantitative estimate of drug-likeness (QED) is 0.167. The van der Waals surface area contributed by atoms with E-state index in [0.717, 1.165) is 22.6 Å². The first-order valence-electron chi connectivity index (χ1n) is 13.4. The van der Waals surface area contributed by atoms with Gasteiger partial charge in [0.1, 0.15) is 36.2 Å². The molecule has 2 heterocycles. The zero-order chi connectivity index (χ0) is 30.7. The summed E-state index contributed by atoms with van der Waals surface area (Å²) in [4.78, 5) is 24.6. The maximum Gasteiger partial charge on any atom is 0.264 e. The van der Waals surface area contributed by atoms with Crippen LogP contribution in [0.2, 0.25) is 0 Å². The summed E-state index contributed by atoms with van der Waals surface area (Å²) in [6.07, 6.45) is 0. The Labute approximate surface area is 261 Å². The predicted molar refractivity (Wildman–Crippen MR) is 166 cm³/mol. The van der Waals surface area contributed by atoms with Gasteiger partial charge in [0.2, 0.25) is 10.3 Å². The number of nitrogens with one attached hydrogen (secondary N) is 2. The van der Waals surface area contributed by atoms with Crippen LogP contribution in [0.1, 0.15) is 21.1 Å². The number of carbonyl (C=O) groups is 2. The summed E-state index contributed by atoms with van der Waals surface area (Å²) in [7, 11) is 0. The molecule has 3 aromatic carbocycles. The Kier molecular flexibility index (Phi) is 10.3. The van der Waals surface area contributed by atoms with Crippen LogP contribution in [0.15, 0.2) is 72.8 Å². The van der Waals surface area contributed by atoms with E-state index in [1.165, 1.54) is 22.7 Å². The molecule has 2 N–H and O–H groups in total. The lowest BCUT2D eigenvalue weighted by molar-refractivity contribution is -0.118. The van der Waals surface area contributed by atoms with Crippen LogP contribution < -0.4 is 29.6 Å². The molecule has 0 aliphatic carbocycles. The minimum Gasteiger partial charge on any atom is -0.486 e. The second-order valence-electron chi connectivity index (χ2n) is 9.36. The van der Waals surface area contributed by atoms with Crippen LogP contribution in [-0.4, -0.2) is 45.4 Å². The summed E-state index contributed by atoms with van der Waals surface area (Å²) in [6, 6.07) is 21.9. The highest BCUT2D eigenvalue weighted by molar-refractivity contribution is 7.15. The molecule has 0 bridgehead atoms. The molecule has 226 valence electrons. The molecule has 0 radical (unpaired) electrons. The third-order valence-corrected chi connectivity index (χ3v) is 7.32. The van der Waals surface area contributed by atoms with Gasteiger partial charge in [-0.1, -0.05) is 46.9 Å². The van der Waals surface area contributed by atoms with Gasteiger partial charge in [-0.05, 0) is 73.5 Å². The molecule has 0 spiro atoms. The first kappa shape index (κ1) is 30.4. The van der Waals surface area contributed by atoms with Crippen LogP contribution in [0.3, 0.4) is 0 Å². The summed E-state index contributed by atoms with van der Waals surface area (Å²) in [5, 5.41) is 23.3. The van der Waals surface area contributed by atoms with Gasteiger partial charge in [-0.2, -0.15) is 0 Å². The fourth-order valence-electron chi connectivity index (χ4n) is 3.67. The molecule has 5 aromatic rings. The Bertz CT molecular complexity index is 1580. The van der Waals surface area contributed by atoms with Crippen molar-refractivity contribution >= 4 is 44.8 Å². The number of hydrogen-bond donors (Lipinski definition) is 2. The summed E-state index contributed by atoms with van der Waals surface area (Å²) in [5.74, 6) is 1.62. The van der Waals surface area contributed by atoms with Crippen LogP contribution >= 0.6 is 22.7 Å². The molecule has 2 aromatic heterocycles. The molecular weight excluding hydrogens is 605 g/mol. The maximum absolute atomic E-state index is 12.3. The van der Waals surface area contributed by atoms with E-state index in [1.807, 2.05) is 62.4 Å². The number of aryl methyl sites for hydroxylation is 2. The molecular formula is C30H28N6O6S2. The van der Waals surface area contributed by atoms with Crippen molar-refractivity contribution < 1.29 is 28.5 Å². The Morgan fingerprint density at radius 2 is 1.02 bits per heavy atom.